The first-order valence-corrected chi connectivity index (χ1v) is 6.65. The third-order valence-corrected chi connectivity index (χ3v) is 2.89. The van der Waals surface area contributed by atoms with Crippen molar-refractivity contribution in [3.05, 3.63) is 54.1 Å². The number of ether oxygens (including phenoxy) is 3. The van der Waals surface area contributed by atoms with E-state index in [4.69, 9.17) is 25.8 Å². The number of rotatable bonds is 4. The molecule has 108 valence electrons. The molecule has 20 heavy (non-hydrogen) atoms. The molecule has 0 radical (unpaired) electrons. The van der Waals surface area contributed by atoms with Gasteiger partial charge in [-0.2, -0.15) is 0 Å². The Kier molecular flexibility index (Phi) is 7.36. The first-order valence-electron chi connectivity index (χ1n) is 6.11. The lowest BCUT2D eigenvalue weighted by Crippen LogP contribution is -1.93. The van der Waals surface area contributed by atoms with Crippen molar-refractivity contribution in [1.82, 2.24) is 0 Å². The topological polar surface area (TPSA) is 27.7 Å². The Labute approximate surface area is 125 Å². The van der Waals surface area contributed by atoms with Gasteiger partial charge in [0.2, 0.25) is 5.75 Å². The predicted molar refractivity (Wildman–Crippen MR) is 82.1 cm³/mol. The van der Waals surface area contributed by atoms with E-state index in [1.807, 2.05) is 48.5 Å². The number of alkyl halides is 1. The first-order chi connectivity index (χ1) is 9.76. The highest BCUT2D eigenvalue weighted by molar-refractivity contribution is 6.17. The lowest BCUT2D eigenvalue weighted by molar-refractivity contribution is 0.324. The van der Waals surface area contributed by atoms with Gasteiger partial charge in [0.15, 0.2) is 11.5 Å². The van der Waals surface area contributed by atoms with Crippen LogP contribution >= 0.6 is 11.6 Å². The van der Waals surface area contributed by atoms with Crippen LogP contribution in [-0.4, -0.2) is 21.3 Å². The molecule has 0 unspecified atom stereocenters. The Bertz CT molecular complexity index is 478. The summed E-state index contributed by atoms with van der Waals surface area (Å²) >= 11 is 5.53. The van der Waals surface area contributed by atoms with Crippen LogP contribution < -0.4 is 14.2 Å². The van der Waals surface area contributed by atoms with E-state index < -0.39 is 0 Å². The van der Waals surface area contributed by atoms with Crippen LogP contribution in [0.15, 0.2) is 48.5 Å². The van der Waals surface area contributed by atoms with Gasteiger partial charge in [-0.25, -0.2) is 0 Å². The van der Waals surface area contributed by atoms with Crippen molar-refractivity contribution in [3.63, 3.8) is 0 Å². The summed E-state index contributed by atoms with van der Waals surface area (Å²) in [6, 6.07) is 15.5. The van der Waals surface area contributed by atoms with Gasteiger partial charge in [-0.1, -0.05) is 36.4 Å². The van der Waals surface area contributed by atoms with Gasteiger partial charge in [0.1, 0.15) is 0 Å². The van der Waals surface area contributed by atoms with Gasteiger partial charge < -0.3 is 14.2 Å². The second-order valence-corrected chi connectivity index (χ2v) is 4.08. The lowest BCUT2D eigenvalue weighted by Gasteiger charge is -2.10. The Morgan fingerprint density at radius 3 is 1.65 bits per heavy atom. The van der Waals surface area contributed by atoms with Gasteiger partial charge in [-0.3, -0.25) is 0 Å². The van der Waals surface area contributed by atoms with Crippen molar-refractivity contribution in [2.45, 2.75) is 5.88 Å². The summed E-state index contributed by atoms with van der Waals surface area (Å²) in [4.78, 5) is 0. The van der Waals surface area contributed by atoms with Crippen LogP contribution in [-0.2, 0) is 5.88 Å². The van der Waals surface area contributed by atoms with Crippen LogP contribution in [0.4, 0.5) is 0 Å². The van der Waals surface area contributed by atoms with Crippen molar-refractivity contribution in [2.75, 3.05) is 21.3 Å². The van der Waals surface area contributed by atoms with Gasteiger partial charge in [0, 0.05) is 5.88 Å². The average molecular weight is 295 g/mol. The van der Waals surface area contributed by atoms with Crippen LogP contribution in [0.25, 0.3) is 0 Å². The summed E-state index contributed by atoms with van der Waals surface area (Å²) < 4.78 is 15.3. The zero-order valence-electron chi connectivity index (χ0n) is 11.9. The van der Waals surface area contributed by atoms with E-state index in [9.17, 15) is 0 Å². The fourth-order valence-corrected chi connectivity index (χ4v) is 1.76. The molecule has 0 amide bonds. The third-order valence-electron chi connectivity index (χ3n) is 2.58. The minimum atomic E-state index is 0.612. The molecule has 4 heteroatoms. The quantitative estimate of drug-likeness (QED) is 0.793. The SMILES string of the molecule is COc1cccc(OC)c1OC.ClCc1ccccc1. The van der Waals surface area contributed by atoms with Crippen molar-refractivity contribution >= 4 is 11.6 Å². The van der Waals surface area contributed by atoms with Crippen molar-refractivity contribution in [3.8, 4) is 17.2 Å². The zero-order chi connectivity index (χ0) is 14.8. The minimum Gasteiger partial charge on any atom is -0.493 e. The molecule has 0 saturated carbocycles. The number of para-hydroxylation sites is 1. The minimum absolute atomic E-state index is 0.612. The van der Waals surface area contributed by atoms with Crippen LogP contribution in [0.1, 0.15) is 5.56 Å². The molecule has 0 aliphatic carbocycles. The molecule has 0 N–H and O–H groups in total. The molecule has 0 spiro atoms. The second kappa shape index (κ2) is 9.10. The molecule has 2 rings (SSSR count). The second-order valence-electron chi connectivity index (χ2n) is 3.82. The molecule has 3 nitrogen and oxygen atoms in total. The van der Waals surface area contributed by atoms with Crippen LogP contribution in [0, 0.1) is 0 Å². The molecule has 0 atom stereocenters. The number of methoxy groups -OCH3 is 3. The van der Waals surface area contributed by atoms with E-state index in [0.717, 1.165) is 0 Å². The van der Waals surface area contributed by atoms with Crippen molar-refractivity contribution in [2.24, 2.45) is 0 Å². The van der Waals surface area contributed by atoms with E-state index in [0.29, 0.717) is 23.1 Å². The fourth-order valence-electron chi connectivity index (χ4n) is 1.59. The zero-order valence-corrected chi connectivity index (χ0v) is 12.7. The molecule has 0 heterocycles. The number of benzene rings is 2. The molecule has 0 aromatic heterocycles. The summed E-state index contributed by atoms with van der Waals surface area (Å²) in [6.45, 7) is 0. The molecular weight excluding hydrogens is 276 g/mol. The number of hydrogen-bond acceptors (Lipinski definition) is 3. The van der Waals surface area contributed by atoms with Gasteiger partial charge in [0.05, 0.1) is 21.3 Å². The van der Waals surface area contributed by atoms with E-state index >= 15 is 0 Å². The molecule has 0 fully saturated rings. The van der Waals surface area contributed by atoms with E-state index in [2.05, 4.69) is 0 Å². The first kappa shape index (κ1) is 16.2. The largest absolute Gasteiger partial charge is 0.493 e. The smallest absolute Gasteiger partial charge is 0.203 e. The maximum absolute atomic E-state index is 5.53. The molecule has 0 aliphatic rings. The van der Waals surface area contributed by atoms with Crippen LogP contribution in [0.3, 0.4) is 0 Å². The van der Waals surface area contributed by atoms with Crippen molar-refractivity contribution < 1.29 is 14.2 Å². The molecule has 2 aromatic carbocycles. The highest BCUT2D eigenvalue weighted by Gasteiger charge is 2.08. The molecule has 0 aliphatic heterocycles. The summed E-state index contributed by atoms with van der Waals surface area (Å²) in [7, 11) is 4.77. The summed E-state index contributed by atoms with van der Waals surface area (Å²) in [6.07, 6.45) is 0. The number of hydrogen-bond donors (Lipinski definition) is 0. The molecule has 0 saturated heterocycles. The third kappa shape index (κ3) is 4.67. The van der Waals surface area contributed by atoms with E-state index in [-0.39, 0.29) is 0 Å². The monoisotopic (exact) mass is 294 g/mol. The van der Waals surface area contributed by atoms with Gasteiger partial charge in [0.25, 0.3) is 0 Å². The highest BCUT2D eigenvalue weighted by atomic mass is 35.5. The van der Waals surface area contributed by atoms with Crippen molar-refractivity contribution in [1.29, 1.82) is 0 Å². The fraction of sp³-hybridized carbons (Fsp3) is 0.250. The Hall–Kier alpha value is -1.87. The highest BCUT2D eigenvalue weighted by Crippen LogP contribution is 2.35. The van der Waals surface area contributed by atoms with E-state index in [1.165, 1.54) is 5.56 Å². The predicted octanol–water partition coefficient (Wildman–Crippen LogP) is 4.14. The Morgan fingerprint density at radius 2 is 1.30 bits per heavy atom. The maximum atomic E-state index is 5.53. The maximum Gasteiger partial charge on any atom is 0.203 e. The molecule has 2 aromatic rings. The van der Waals surface area contributed by atoms with Gasteiger partial charge in [-0.05, 0) is 17.7 Å². The Balaban J connectivity index is 0.000000217. The Morgan fingerprint density at radius 1 is 0.750 bits per heavy atom. The molecule has 0 bridgehead atoms. The van der Waals surface area contributed by atoms with Crippen LogP contribution in [0.2, 0.25) is 0 Å². The van der Waals surface area contributed by atoms with Gasteiger partial charge >= 0.3 is 0 Å². The van der Waals surface area contributed by atoms with Crippen LogP contribution in [0.5, 0.6) is 17.2 Å². The van der Waals surface area contributed by atoms with E-state index in [1.54, 1.807) is 21.3 Å². The summed E-state index contributed by atoms with van der Waals surface area (Å²) in [5.41, 5.74) is 1.18. The number of halogens is 1. The molecular formula is C16H19ClO3. The normalized spacial score (nSPS) is 9.20. The summed E-state index contributed by atoms with van der Waals surface area (Å²) in [5.74, 6) is 2.59. The van der Waals surface area contributed by atoms with Gasteiger partial charge in [-0.15, -0.1) is 11.6 Å². The standard InChI is InChI=1S/C9H12O3.C7H7Cl/c1-10-7-5-4-6-8(11-2)9(7)12-3;8-6-7-4-2-1-3-5-7/h4-6H,1-3H3;1-5H,6H2. The average Bonchev–Trinajstić information content (AvgIpc) is 2.55. The summed E-state index contributed by atoms with van der Waals surface area (Å²) in [5, 5.41) is 0. The lowest BCUT2D eigenvalue weighted by atomic mass is 10.2.